The fourth-order valence-electron chi connectivity index (χ4n) is 1.97. The molecule has 14 heavy (non-hydrogen) atoms. The molecule has 0 N–H and O–H groups in total. The maximum Gasteiger partial charge on any atom is 0.225 e. The molecule has 2 heterocycles. The lowest BCUT2D eigenvalue weighted by atomic mass is 9.97. The molecule has 1 aromatic heterocycles. The quantitative estimate of drug-likeness (QED) is 0.718. The molecule has 2 atom stereocenters. The topological polar surface area (TPSA) is 39.9 Å². The Morgan fingerprint density at radius 3 is 2.86 bits per heavy atom. The van der Waals surface area contributed by atoms with E-state index in [1.54, 1.807) is 0 Å². The lowest BCUT2D eigenvalue weighted by Gasteiger charge is -2.30. The van der Waals surface area contributed by atoms with E-state index in [2.05, 4.69) is 17.1 Å². The predicted molar refractivity (Wildman–Crippen MR) is 53.4 cm³/mol. The molecule has 0 bridgehead atoms. The van der Waals surface area contributed by atoms with Crippen molar-refractivity contribution in [3.05, 3.63) is 11.1 Å². The molecule has 78 valence electrons. The van der Waals surface area contributed by atoms with E-state index in [-0.39, 0.29) is 0 Å². The number of aromatic nitrogens is 3. The molecule has 1 saturated heterocycles. The van der Waals surface area contributed by atoms with Crippen LogP contribution in [0.4, 0.5) is 0 Å². The Morgan fingerprint density at radius 2 is 2.29 bits per heavy atom. The van der Waals surface area contributed by atoms with Gasteiger partial charge in [0.1, 0.15) is 5.82 Å². The molecule has 1 fully saturated rings. The molecule has 0 spiro atoms. The van der Waals surface area contributed by atoms with Crippen molar-refractivity contribution < 1.29 is 4.74 Å². The third-order valence-corrected chi connectivity index (χ3v) is 3.01. The van der Waals surface area contributed by atoms with Crippen LogP contribution < -0.4 is 0 Å². The van der Waals surface area contributed by atoms with Crippen molar-refractivity contribution in [3.63, 3.8) is 0 Å². The molecule has 1 aliphatic heterocycles. The van der Waals surface area contributed by atoms with Crippen molar-refractivity contribution in [2.75, 3.05) is 13.2 Å². The van der Waals surface area contributed by atoms with Crippen LogP contribution in [0.3, 0.4) is 0 Å². The summed E-state index contributed by atoms with van der Waals surface area (Å²) in [4.78, 5) is 0. The van der Waals surface area contributed by atoms with E-state index in [4.69, 9.17) is 16.3 Å². The normalized spacial score (nSPS) is 27.9. The molecule has 2 unspecified atom stereocenters. The molecule has 0 aliphatic carbocycles. The monoisotopic (exact) mass is 215 g/mol. The molecule has 1 aromatic rings. The summed E-state index contributed by atoms with van der Waals surface area (Å²) in [5.74, 6) is 1.35. The second-order valence-electron chi connectivity index (χ2n) is 3.79. The van der Waals surface area contributed by atoms with Crippen molar-refractivity contribution in [3.8, 4) is 0 Å². The van der Waals surface area contributed by atoms with Crippen molar-refractivity contribution in [2.24, 2.45) is 5.92 Å². The van der Waals surface area contributed by atoms with E-state index in [9.17, 15) is 0 Å². The van der Waals surface area contributed by atoms with E-state index in [0.29, 0.717) is 17.2 Å². The van der Waals surface area contributed by atoms with Crippen LogP contribution in [0.1, 0.15) is 25.2 Å². The van der Waals surface area contributed by atoms with Gasteiger partial charge in [0.15, 0.2) is 0 Å². The van der Waals surface area contributed by atoms with Gasteiger partial charge in [0.05, 0.1) is 6.61 Å². The van der Waals surface area contributed by atoms with Crippen LogP contribution in [0.25, 0.3) is 0 Å². The fourth-order valence-corrected chi connectivity index (χ4v) is 2.26. The first-order chi connectivity index (χ1) is 6.70. The summed E-state index contributed by atoms with van der Waals surface area (Å²) in [6.45, 7) is 5.68. The van der Waals surface area contributed by atoms with Crippen LogP contribution in [0.2, 0.25) is 5.28 Å². The lowest BCUT2D eigenvalue weighted by molar-refractivity contribution is 0.0281. The number of aryl methyl sites for hydroxylation is 1. The predicted octanol–water partition coefficient (Wildman–Crippen LogP) is 1.84. The maximum atomic E-state index is 5.99. The Bertz CT molecular complexity index is 306. The van der Waals surface area contributed by atoms with Crippen LogP contribution in [0.5, 0.6) is 0 Å². The van der Waals surface area contributed by atoms with Crippen LogP contribution in [-0.4, -0.2) is 28.0 Å². The van der Waals surface area contributed by atoms with Gasteiger partial charge < -0.3 is 4.74 Å². The highest BCUT2D eigenvalue weighted by Crippen LogP contribution is 2.29. The van der Waals surface area contributed by atoms with Gasteiger partial charge >= 0.3 is 0 Å². The number of ether oxygens (including phenoxy) is 1. The van der Waals surface area contributed by atoms with E-state index in [1.807, 2.05) is 11.5 Å². The van der Waals surface area contributed by atoms with Crippen LogP contribution >= 0.6 is 11.6 Å². The van der Waals surface area contributed by atoms with Crippen molar-refractivity contribution in [2.45, 2.75) is 26.3 Å². The highest BCUT2D eigenvalue weighted by atomic mass is 35.5. The molecular formula is C9H14ClN3O. The Labute approximate surface area is 88.2 Å². The Hall–Kier alpha value is -0.610. The third-order valence-electron chi connectivity index (χ3n) is 2.75. The summed E-state index contributed by atoms with van der Waals surface area (Å²) >= 11 is 5.99. The first kappa shape index (κ1) is 9.93. The summed E-state index contributed by atoms with van der Waals surface area (Å²) in [5, 5.41) is 8.32. The van der Waals surface area contributed by atoms with Gasteiger partial charge in [0.25, 0.3) is 0 Å². The number of halogens is 1. The molecule has 5 heteroatoms. The third kappa shape index (κ3) is 1.64. The van der Waals surface area contributed by atoms with Gasteiger partial charge in [-0.05, 0) is 24.9 Å². The van der Waals surface area contributed by atoms with Crippen LogP contribution in [0, 0.1) is 12.8 Å². The van der Waals surface area contributed by atoms with Crippen molar-refractivity contribution in [1.82, 2.24) is 14.8 Å². The number of hydrogen-bond donors (Lipinski definition) is 0. The van der Waals surface area contributed by atoms with Gasteiger partial charge in [-0.25, -0.2) is 0 Å². The van der Waals surface area contributed by atoms with Crippen LogP contribution in [0.15, 0.2) is 0 Å². The highest BCUT2D eigenvalue weighted by molar-refractivity contribution is 6.28. The summed E-state index contributed by atoms with van der Waals surface area (Å²) in [5.41, 5.74) is 0. The maximum absolute atomic E-state index is 5.99. The van der Waals surface area contributed by atoms with Crippen molar-refractivity contribution >= 4 is 11.6 Å². The van der Waals surface area contributed by atoms with Crippen molar-refractivity contribution in [1.29, 1.82) is 0 Å². The number of rotatable bonds is 1. The van der Waals surface area contributed by atoms with Gasteiger partial charge in [0, 0.05) is 18.6 Å². The zero-order valence-corrected chi connectivity index (χ0v) is 9.16. The van der Waals surface area contributed by atoms with E-state index >= 15 is 0 Å². The molecule has 4 nitrogen and oxygen atoms in total. The van der Waals surface area contributed by atoms with Gasteiger partial charge in [-0.1, -0.05) is 6.92 Å². The zero-order valence-electron chi connectivity index (χ0n) is 8.40. The van der Waals surface area contributed by atoms with E-state index in [0.717, 1.165) is 25.5 Å². The fraction of sp³-hybridized carbons (Fsp3) is 0.778. The minimum Gasteiger partial charge on any atom is -0.381 e. The SMILES string of the molecule is Cc1nnc(Cl)n1C1CCOCC1C. The number of nitrogens with zero attached hydrogens (tertiary/aromatic N) is 3. The average molecular weight is 216 g/mol. The Kier molecular flexibility index (Phi) is 2.74. The highest BCUT2D eigenvalue weighted by Gasteiger charge is 2.26. The number of hydrogen-bond acceptors (Lipinski definition) is 3. The summed E-state index contributed by atoms with van der Waals surface area (Å²) in [7, 11) is 0. The first-order valence-electron chi connectivity index (χ1n) is 4.85. The first-order valence-corrected chi connectivity index (χ1v) is 5.22. The van der Waals surface area contributed by atoms with Crippen LogP contribution in [-0.2, 0) is 4.74 Å². The van der Waals surface area contributed by atoms with Gasteiger partial charge in [0.2, 0.25) is 5.28 Å². The Morgan fingerprint density at radius 1 is 1.50 bits per heavy atom. The molecule has 0 radical (unpaired) electrons. The molecule has 2 rings (SSSR count). The van der Waals surface area contributed by atoms with E-state index in [1.165, 1.54) is 0 Å². The minimum absolute atomic E-state index is 0.381. The summed E-state index contributed by atoms with van der Waals surface area (Å²) in [6, 6.07) is 0.381. The van der Waals surface area contributed by atoms with Gasteiger partial charge in [-0.15, -0.1) is 10.2 Å². The second-order valence-corrected chi connectivity index (χ2v) is 4.13. The minimum atomic E-state index is 0.381. The summed E-state index contributed by atoms with van der Waals surface area (Å²) in [6.07, 6.45) is 0.986. The van der Waals surface area contributed by atoms with Gasteiger partial charge in [-0.2, -0.15) is 0 Å². The smallest absolute Gasteiger partial charge is 0.225 e. The standard InChI is InChI=1S/C9H14ClN3O/c1-6-5-14-4-3-8(6)13-7(2)11-12-9(13)10/h6,8H,3-5H2,1-2H3. The molecule has 1 aliphatic rings. The average Bonchev–Trinajstić information content (AvgIpc) is 2.48. The zero-order chi connectivity index (χ0) is 10.1. The molecular weight excluding hydrogens is 202 g/mol. The molecule has 0 amide bonds. The summed E-state index contributed by atoms with van der Waals surface area (Å²) < 4.78 is 7.40. The van der Waals surface area contributed by atoms with Gasteiger partial charge in [-0.3, -0.25) is 4.57 Å². The Balaban J connectivity index is 2.28. The van der Waals surface area contributed by atoms with E-state index < -0.39 is 0 Å². The lowest BCUT2D eigenvalue weighted by Crippen LogP contribution is -2.28. The second kappa shape index (κ2) is 3.87. The molecule has 0 aromatic carbocycles. The largest absolute Gasteiger partial charge is 0.381 e. The molecule has 0 saturated carbocycles.